The van der Waals surface area contributed by atoms with Crippen LogP contribution in [0.25, 0.3) is 0 Å². The normalized spacial score (nSPS) is 11.3. The third-order valence-electron chi connectivity index (χ3n) is 2.73. The quantitative estimate of drug-likeness (QED) is 0.493. The number of benzene rings is 2. The first-order chi connectivity index (χ1) is 8.88. The molecule has 0 unspecified atom stereocenters. The van der Waals surface area contributed by atoms with E-state index in [1.54, 1.807) is 24.3 Å². The molecule has 0 fully saturated rings. The van der Waals surface area contributed by atoms with Gasteiger partial charge in [0, 0.05) is 10.0 Å². The summed E-state index contributed by atoms with van der Waals surface area (Å²) in [5, 5.41) is 1.28. The van der Waals surface area contributed by atoms with E-state index >= 15 is 0 Å². The summed E-state index contributed by atoms with van der Waals surface area (Å²) in [4.78, 5) is 0. The Morgan fingerprint density at radius 1 is 0.650 bits per heavy atom. The summed E-state index contributed by atoms with van der Waals surface area (Å²) in [6.45, 7) is 0. The van der Waals surface area contributed by atoms with Gasteiger partial charge in [-0.1, -0.05) is 89.7 Å². The zero-order chi connectivity index (χ0) is 14.0. The molecule has 0 atom stereocenters. The Balaban J connectivity index is 0.00000200. The molecule has 0 aliphatic heterocycles. The van der Waals surface area contributed by atoms with E-state index in [-0.39, 0.29) is 13.3 Å². The highest BCUT2D eigenvalue weighted by atomic mass is 35.6. The van der Waals surface area contributed by atoms with Crippen LogP contribution in [0.4, 0.5) is 0 Å². The van der Waals surface area contributed by atoms with E-state index < -0.39 is 3.79 Å². The molecule has 0 nitrogen and oxygen atoms in total. The molecule has 0 radical (unpaired) electrons. The molecule has 5 heteroatoms. The Labute approximate surface area is 144 Å². The predicted molar refractivity (Wildman–Crippen MR) is 91.8 cm³/mol. The lowest BCUT2D eigenvalue weighted by molar-refractivity contribution is 0.839. The Kier molecular flexibility index (Phi) is 6.50. The molecule has 0 saturated heterocycles. The molecule has 0 aliphatic rings. The fourth-order valence-electron chi connectivity index (χ4n) is 1.88. The smallest absolute Gasteiger partial charge is 0.0843 e. The van der Waals surface area contributed by atoms with Gasteiger partial charge in [0.05, 0.1) is 5.92 Å². The molecule has 0 heterocycles. The van der Waals surface area contributed by atoms with Crippen LogP contribution in [0.5, 0.6) is 0 Å². The molecule has 0 saturated carbocycles. The lowest BCUT2D eigenvalue weighted by Gasteiger charge is -2.25. The summed E-state index contributed by atoms with van der Waals surface area (Å²) < 4.78 is -1.46. The van der Waals surface area contributed by atoms with Crippen molar-refractivity contribution in [3.63, 3.8) is 0 Å². The number of halogens is 5. The minimum atomic E-state index is -1.46. The third-order valence-corrected chi connectivity index (χ3v) is 3.89. The third kappa shape index (κ3) is 4.44. The molecule has 0 N–H and O–H groups in total. The van der Waals surface area contributed by atoms with Crippen LogP contribution in [0.2, 0.25) is 10.0 Å². The molecule has 0 aromatic heterocycles. The molecule has 2 aromatic rings. The van der Waals surface area contributed by atoms with Crippen LogP contribution in [0.15, 0.2) is 48.5 Å². The second-order valence-electron chi connectivity index (χ2n) is 4.08. The van der Waals surface area contributed by atoms with Crippen molar-refractivity contribution in [3.8, 4) is 0 Å². The van der Waals surface area contributed by atoms with Gasteiger partial charge in [0.25, 0.3) is 0 Å². The summed E-state index contributed by atoms with van der Waals surface area (Å²) in [5.41, 5.74) is 1.76. The summed E-state index contributed by atoms with van der Waals surface area (Å²) in [7, 11) is 0. The van der Waals surface area contributed by atoms with Gasteiger partial charge in [0.2, 0.25) is 3.79 Å². The van der Waals surface area contributed by atoms with Gasteiger partial charge in [-0.3, -0.25) is 0 Å². The van der Waals surface area contributed by atoms with Gasteiger partial charge in [0.1, 0.15) is 0 Å². The topological polar surface area (TPSA) is 0 Å². The molecule has 2 rings (SSSR count). The van der Waals surface area contributed by atoms with Crippen molar-refractivity contribution in [2.75, 3.05) is 0 Å². The van der Waals surface area contributed by atoms with Crippen molar-refractivity contribution >= 4 is 58.0 Å². The van der Waals surface area contributed by atoms with Crippen LogP contribution in [-0.2, 0) is 0 Å². The van der Waals surface area contributed by atoms with E-state index in [4.69, 9.17) is 58.0 Å². The number of hydrogen-bond acceptors (Lipinski definition) is 0. The molecule has 2 aromatic carbocycles. The molecule has 0 bridgehead atoms. The van der Waals surface area contributed by atoms with E-state index in [2.05, 4.69) is 0 Å². The van der Waals surface area contributed by atoms with Crippen LogP contribution in [0.1, 0.15) is 24.5 Å². The van der Waals surface area contributed by atoms with Crippen LogP contribution in [0, 0.1) is 0 Å². The number of rotatable bonds is 2. The minimum Gasteiger partial charge on any atom is -0.0843 e. The SMILES string of the molecule is C.Clc1ccc(C(c2ccc(Cl)cc2)C(Cl)(Cl)Cl)cc1. The Morgan fingerprint density at radius 2 is 0.950 bits per heavy atom. The van der Waals surface area contributed by atoms with E-state index in [0.717, 1.165) is 11.1 Å². The summed E-state index contributed by atoms with van der Waals surface area (Å²) in [6, 6.07) is 14.5. The molecule has 0 amide bonds. The highest BCUT2D eigenvalue weighted by Gasteiger charge is 2.35. The average molecular weight is 371 g/mol. The largest absolute Gasteiger partial charge is 0.201 e. The van der Waals surface area contributed by atoms with Gasteiger partial charge in [-0.2, -0.15) is 0 Å². The zero-order valence-corrected chi connectivity index (χ0v) is 13.4. The predicted octanol–water partition coefficient (Wildman–Crippen LogP) is 7.13. The van der Waals surface area contributed by atoms with E-state index in [9.17, 15) is 0 Å². The van der Waals surface area contributed by atoms with Crippen LogP contribution in [0.3, 0.4) is 0 Å². The van der Waals surface area contributed by atoms with Crippen molar-refractivity contribution in [3.05, 3.63) is 69.7 Å². The molecular weight excluding hydrogens is 357 g/mol. The van der Waals surface area contributed by atoms with Gasteiger partial charge in [-0.05, 0) is 35.4 Å². The standard InChI is InChI=1S/C14H9Cl5.CH4/c15-11-5-1-9(2-6-11)13(14(17,18)19)10-3-7-12(16)8-4-10;/h1-8,13H;1H4. The molecule has 20 heavy (non-hydrogen) atoms. The summed E-state index contributed by atoms with van der Waals surface area (Å²) in [6.07, 6.45) is 0. The van der Waals surface area contributed by atoms with Gasteiger partial charge < -0.3 is 0 Å². The van der Waals surface area contributed by atoms with E-state index in [1.807, 2.05) is 24.3 Å². The van der Waals surface area contributed by atoms with Crippen molar-refractivity contribution in [2.24, 2.45) is 0 Å². The monoisotopic (exact) mass is 368 g/mol. The average Bonchev–Trinajstić information content (AvgIpc) is 2.33. The van der Waals surface area contributed by atoms with Crippen molar-refractivity contribution < 1.29 is 0 Å². The van der Waals surface area contributed by atoms with Crippen LogP contribution in [-0.4, -0.2) is 3.79 Å². The lowest BCUT2D eigenvalue weighted by Crippen LogP contribution is -2.18. The van der Waals surface area contributed by atoms with Crippen LogP contribution < -0.4 is 0 Å². The van der Waals surface area contributed by atoms with Crippen molar-refractivity contribution in [1.29, 1.82) is 0 Å². The van der Waals surface area contributed by atoms with E-state index in [0.29, 0.717) is 10.0 Å². The second-order valence-corrected chi connectivity index (χ2v) is 7.32. The first-order valence-corrected chi connectivity index (χ1v) is 7.34. The van der Waals surface area contributed by atoms with Gasteiger partial charge in [-0.25, -0.2) is 0 Å². The second kappa shape index (κ2) is 7.24. The first kappa shape index (κ1) is 17.9. The van der Waals surface area contributed by atoms with Crippen LogP contribution >= 0.6 is 58.0 Å². The minimum absolute atomic E-state index is 0. The lowest BCUT2D eigenvalue weighted by atomic mass is 9.92. The highest BCUT2D eigenvalue weighted by molar-refractivity contribution is 6.68. The van der Waals surface area contributed by atoms with Crippen molar-refractivity contribution in [2.45, 2.75) is 17.1 Å². The fourth-order valence-corrected chi connectivity index (χ4v) is 2.89. The number of alkyl halides is 3. The summed E-state index contributed by atoms with van der Waals surface area (Å²) in [5.74, 6) is -0.382. The van der Waals surface area contributed by atoms with Gasteiger partial charge in [-0.15, -0.1) is 0 Å². The zero-order valence-electron chi connectivity index (χ0n) is 9.59. The highest BCUT2D eigenvalue weighted by Crippen LogP contribution is 2.45. The number of hydrogen-bond donors (Lipinski definition) is 0. The Morgan fingerprint density at radius 3 is 1.20 bits per heavy atom. The van der Waals surface area contributed by atoms with Gasteiger partial charge >= 0.3 is 0 Å². The Hall–Kier alpha value is -0.110. The molecule has 108 valence electrons. The molecule has 0 aliphatic carbocycles. The maximum Gasteiger partial charge on any atom is 0.201 e. The van der Waals surface area contributed by atoms with E-state index in [1.165, 1.54) is 0 Å². The van der Waals surface area contributed by atoms with Crippen molar-refractivity contribution in [1.82, 2.24) is 0 Å². The molecule has 0 spiro atoms. The maximum atomic E-state index is 6.11. The fraction of sp³-hybridized carbons (Fsp3) is 0.200. The van der Waals surface area contributed by atoms with Gasteiger partial charge in [0.15, 0.2) is 0 Å². The molecular formula is C15H13Cl5. The Bertz CT molecular complexity index is 494. The first-order valence-electron chi connectivity index (χ1n) is 5.45. The maximum absolute atomic E-state index is 6.11. The summed E-state index contributed by atoms with van der Waals surface area (Å²) >= 11 is 30.1.